The zero-order valence-corrected chi connectivity index (χ0v) is 10.9. The van der Waals surface area contributed by atoms with Crippen LogP contribution >= 0.6 is 0 Å². The first kappa shape index (κ1) is 12.6. The summed E-state index contributed by atoms with van der Waals surface area (Å²) in [5, 5.41) is 12.7. The molecular weight excluding hydrogens is 210 g/mol. The van der Waals surface area contributed by atoms with Crippen molar-refractivity contribution in [2.75, 3.05) is 13.2 Å². The van der Waals surface area contributed by atoms with E-state index in [9.17, 15) is 5.11 Å². The van der Waals surface area contributed by atoms with E-state index >= 15 is 0 Å². The van der Waals surface area contributed by atoms with Gasteiger partial charge in [0.1, 0.15) is 0 Å². The van der Waals surface area contributed by atoms with Crippen molar-refractivity contribution >= 4 is 0 Å². The highest BCUT2D eigenvalue weighted by Gasteiger charge is 2.22. The van der Waals surface area contributed by atoms with Crippen molar-refractivity contribution < 1.29 is 5.11 Å². The van der Waals surface area contributed by atoms with Crippen molar-refractivity contribution in [1.82, 2.24) is 5.32 Å². The fourth-order valence-electron chi connectivity index (χ4n) is 2.52. The van der Waals surface area contributed by atoms with Crippen molar-refractivity contribution in [3.05, 3.63) is 35.4 Å². The number of nitrogens with one attached hydrogen (secondary N) is 1. The van der Waals surface area contributed by atoms with Gasteiger partial charge in [0, 0.05) is 12.1 Å². The van der Waals surface area contributed by atoms with E-state index in [0.717, 1.165) is 6.54 Å². The maximum atomic E-state index is 9.26. The van der Waals surface area contributed by atoms with Crippen molar-refractivity contribution in [3.63, 3.8) is 0 Å². The Kier molecular flexibility index (Phi) is 3.85. The van der Waals surface area contributed by atoms with Gasteiger partial charge in [-0.1, -0.05) is 24.3 Å². The number of aliphatic hydroxyl groups excluding tert-OH is 1. The second-order valence-electron chi connectivity index (χ2n) is 5.71. The fraction of sp³-hybridized carbons (Fsp3) is 0.600. The van der Waals surface area contributed by atoms with E-state index < -0.39 is 0 Å². The van der Waals surface area contributed by atoms with Crippen LogP contribution in [0.15, 0.2) is 24.3 Å². The molecule has 0 radical (unpaired) electrons. The number of hydrogen-bond donors (Lipinski definition) is 2. The van der Waals surface area contributed by atoms with Crippen LogP contribution < -0.4 is 5.32 Å². The third-order valence-corrected chi connectivity index (χ3v) is 3.72. The predicted octanol–water partition coefficient (Wildman–Crippen LogP) is 2.47. The molecule has 0 amide bonds. The van der Waals surface area contributed by atoms with Gasteiger partial charge in [0.15, 0.2) is 0 Å². The first-order chi connectivity index (χ1) is 8.12. The van der Waals surface area contributed by atoms with Gasteiger partial charge >= 0.3 is 0 Å². The third-order valence-electron chi connectivity index (χ3n) is 3.72. The number of aryl methyl sites for hydroxylation is 1. The Labute approximate surface area is 104 Å². The SMILES string of the molecule is CC(C)(CO)NCC1CCCc2ccccc21. The zero-order chi connectivity index (χ0) is 12.3. The number of hydrogen-bond acceptors (Lipinski definition) is 2. The molecule has 2 nitrogen and oxygen atoms in total. The lowest BCUT2D eigenvalue weighted by atomic mass is 9.82. The molecule has 94 valence electrons. The van der Waals surface area contributed by atoms with E-state index in [1.54, 1.807) is 0 Å². The van der Waals surface area contributed by atoms with Gasteiger partial charge in [-0.3, -0.25) is 0 Å². The van der Waals surface area contributed by atoms with Crippen molar-refractivity contribution in [1.29, 1.82) is 0 Å². The molecule has 0 spiro atoms. The monoisotopic (exact) mass is 233 g/mol. The van der Waals surface area contributed by atoms with Crippen molar-refractivity contribution in [3.8, 4) is 0 Å². The Morgan fingerprint density at radius 1 is 1.35 bits per heavy atom. The molecule has 1 unspecified atom stereocenters. The summed E-state index contributed by atoms with van der Waals surface area (Å²) in [5.41, 5.74) is 2.83. The van der Waals surface area contributed by atoms with Gasteiger partial charge in [0.05, 0.1) is 6.61 Å². The highest BCUT2D eigenvalue weighted by atomic mass is 16.3. The van der Waals surface area contributed by atoms with E-state index in [1.807, 2.05) is 13.8 Å². The highest BCUT2D eigenvalue weighted by molar-refractivity contribution is 5.32. The Hall–Kier alpha value is -0.860. The molecular formula is C15H23NO. The predicted molar refractivity (Wildman–Crippen MR) is 71.3 cm³/mol. The summed E-state index contributed by atoms with van der Waals surface area (Å²) in [5.74, 6) is 0.603. The van der Waals surface area contributed by atoms with Crippen LogP contribution in [-0.4, -0.2) is 23.8 Å². The third kappa shape index (κ3) is 3.08. The van der Waals surface area contributed by atoms with Gasteiger partial charge in [-0.25, -0.2) is 0 Å². The Morgan fingerprint density at radius 3 is 2.88 bits per heavy atom. The Bertz CT molecular complexity index is 373. The van der Waals surface area contributed by atoms with E-state index in [2.05, 4.69) is 29.6 Å². The molecule has 17 heavy (non-hydrogen) atoms. The van der Waals surface area contributed by atoms with E-state index in [4.69, 9.17) is 0 Å². The second-order valence-corrected chi connectivity index (χ2v) is 5.71. The second kappa shape index (κ2) is 5.19. The van der Waals surface area contributed by atoms with Gasteiger partial charge in [0.2, 0.25) is 0 Å². The smallest absolute Gasteiger partial charge is 0.0607 e. The van der Waals surface area contributed by atoms with E-state index in [1.165, 1.54) is 30.4 Å². The summed E-state index contributed by atoms with van der Waals surface area (Å²) in [6.07, 6.45) is 3.75. The topological polar surface area (TPSA) is 32.3 Å². The molecule has 1 atom stereocenters. The first-order valence-electron chi connectivity index (χ1n) is 6.56. The van der Waals surface area contributed by atoms with Gasteiger partial charge < -0.3 is 10.4 Å². The molecule has 0 heterocycles. The quantitative estimate of drug-likeness (QED) is 0.837. The van der Waals surface area contributed by atoms with Gasteiger partial charge in [-0.05, 0) is 50.2 Å². The maximum Gasteiger partial charge on any atom is 0.0607 e. The minimum absolute atomic E-state index is 0.174. The van der Waals surface area contributed by atoms with Crippen molar-refractivity contribution in [2.24, 2.45) is 0 Å². The molecule has 2 heteroatoms. The Morgan fingerprint density at radius 2 is 2.12 bits per heavy atom. The first-order valence-corrected chi connectivity index (χ1v) is 6.56. The number of rotatable bonds is 4. The summed E-state index contributed by atoms with van der Waals surface area (Å²) in [4.78, 5) is 0. The van der Waals surface area contributed by atoms with Crippen LogP contribution in [0, 0.1) is 0 Å². The molecule has 1 aromatic rings. The van der Waals surface area contributed by atoms with Crippen LogP contribution in [0.4, 0.5) is 0 Å². The van der Waals surface area contributed by atoms with Crippen LogP contribution in [0.5, 0.6) is 0 Å². The van der Waals surface area contributed by atoms with Gasteiger partial charge in [-0.2, -0.15) is 0 Å². The van der Waals surface area contributed by atoms with Crippen LogP contribution in [0.3, 0.4) is 0 Å². The maximum absolute atomic E-state index is 9.26. The molecule has 0 aromatic heterocycles. The largest absolute Gasteiger partial charge is 0.394 e. The number of benzene rings is 1. The minimum Gasteiger partial charge on any atom is -0.394 e. The van der Waals surface area contributed by atoms with Crippen LogP contribution in [0.25, 0.3) is 0 Å². The Balaban J connectivity index is 2.04. The molecule has 1 aliphatic carbocycles. The molecule has 0 saturated heterocycles. The summed E-state index contributed by atoms with van der Waals surface area (Å²) in [6.45, 7) is 5.23. The fourth-order valence-corrected chi connectivity index (χ4v) is 2.52. The van der Waals surface area contributed by atoms with E-state index in [-0.39, 0.29) is 12.1 Å². The van der Waals surface area contributed by atoms with Gasteiger partial charge in [-0.15, -0.1) is 0 Å². The minimum atomic E-state index is -0.174. The summed E-state index contributed by atoms with van der Waals surface area (Å²) in [6, 6.07) is 8.77. The molecule has 0 fully saturated rings. The summed E-state index contributed by atoms with van der Waals surface area (Å²) >= 11 is 0. The number of fused-ring (bicyclic) bond motifs is 1. The van der Waals surface area contributed by atoms with Crippen LogP contribution in [-0.2, 0) is 6.42 Å². The molecule has 1 aromatic carbocycles. The number of aliphatic hydroxyl groups is 1. The molecule has 2 rings (SSSR count). The molecule has 1 aliphatic rings. The lowest BCUT2D eigenvalue weighted by Crippen LogP contribution is -2.44. The molecule has 0 saturated carbocycles. The zero-order valence-electron chi connectivity index (χ0n) is 10.9. The summed E-state index contributed by atoms with van der Waals surface area (Å²) < 4.78 is 0. The lowest BCUT2D eigenvalue weighted by Gasteiger charge is -2.30. The van der Waals surface area contributed by atoms with Gasteiger partial charge in [0.25, 0.3) is 0 Å². The van der Waals surface area contributed by atoms with Crippen LogP contribution in [0.1, 0.15) is 43.7 Å². The normalized spacial score (nSPS) is 20.1. The van der Waals surface area contributed by atoms with Crippen molar-refractivity contribution in [2.45, 2.75) is 44.6 Å². The standard InChI is InChI=1S/C15H23NO/c1-15(2,11-17)16-10-13-8-5-7-12-6-3-4-9-14(12)13/h3-4,6,9,13,16-17H,5,7-8,10-11H2,1-2H3. The average molecular weight is 233 g/mol. The molecule has 2 N–H and O–H groups in total. The highest BCUT2D eigenvalue weighted by Crippen LogP contribution is 2.31. The molecule has 0 aliphatic heterocycles. The summed E-state index contributed by atoms with van der Waals surface area (Å²) in [7, 11) is 0. The molecule has 0 bridgehead atoms. The lowest BCUT2D eigenvalue weighted by molar-refractivity contribution is 0.185. The average Bonchev–Trinajstić information content (AvgIpc) is 2.36. The van der Waals surface area contributed by atoms with Crippen LogP contribution in [0.2, 0.25) is 0 Å². The van der Waals surface area contributed by atoms with E-state index in [0.29, 0.717) is 5.92 Å².